The smallest absolute Gasteiger partial charge is 0.123 e. The third kappa shape index (κ3) is 2.21. The van der Waals surface area contributed by atoms with E-state index in [1.807, 2.05) is 24.3 Å². The molecule has 0 aromatic heterocycles. The second kappa shape index (κ2) is 4.62. The van der Waals surface area contributed by atoms with Gasteiger partial charge in [0.2, 0.25) is 0 Å². The zero-order valence-electron chi connectivity index (χ0n) is 11.3. The van der Waals surface area contributed by atoms with Gasteiger partial charge in [-0.25, -0.2) is 0 Å². The molecule has 3 heteroatoms. The van der Waals surface area contributed by atoms with Crippen molar-refractivity contribution < 1.29 is 4.74 Å². The first-order chi connectivity index (χ1) is 8.53. The zero-order valence-corrected chi connectivity index (χ0v) is 11.3. The summed E-state index contributed by atoms with van der Waals surface area (Å²) in [7, 11) is 1.66. The first kappa shape index (κ1) is 12.9. The van der Waals surface area contributed by atoms with E-state index in [1.165, 1.54) is 0 Å². The molecular formula is C15H20N2O. The Morgan fingerprint density at radius 1 is 1.33 bits per heavy atom. The van der Waals surface area contributed by atoms with Crippen LogP contribution in [0.15, 0.2) is 24.3 Å². The average molecular weight is 244 g/mol. The van der Waals surface area contributed by atoms with E-state index in [1.54, 1.807) is 7.11 Å². The minimum Gasteiger partial charge on any atom is -0.496 e. The molecule has 1 N–H and O–H groups in total. The van der Waals surface area contributed by atoms with Crippen LogP contribution in [0.4, 0.5) is 0 Å². The van der Waals surface area contributed by atoms with E-state index >= 15 is 0 Å². The van der Waals surface area contributed by atoms with Gasteiger partial charge in [0.05, 0.1) is 18.6 Å². The quantitative estimate of drug-likeness (QED) is 0.869. The van der Waals surface area contributed by atoms with Gasteiger partial charge in [-0.1, -0.05) is 18.2 Å². The summed E-state index contributed by atoms with van der Waals surface area (Å²) < 4.78 is 5.42. The fourth-order valence-electron chi connectivity index (χ4n) is 2.95. The molecule has 0 aliphatic carbocycles. The van der Waals surface area contributed by atoms with Crippen molar-refractivity contribution in [3.63, 3.8) is 0 Å². The summed E-state index contributed by atoms with van der Waals surface area (Å²) in [4.78, 5) is 0. The molecule has 0 radical (unpaired) electrons. The van der Waals surface area contributed by atoms with Crippen LogP contribution in [-0.2, 0) is 5.41 Å². The number of piperidine rings is 1. The lowest BCUT2D eigenvalue weighted by atomic mass is 9.68. The molecule has 1 saturated heterocycles. The van der Waals surface area contributed by atoms with Crippen LogP contribution in [0.5, 0.6) is 5.75 Å². The van der Waals surface area contributed by atoms with E-state index in [2.05, 4.69) is 25.2 Å². The molecule has 2 rings (SSSR count). The molecule has 3 nitrogen and oxygen atoms in total. The maximum Gasteiger partial charge on any atom is 0.123 e. The van der Waals surface area contributed by atoms with Crippen molar-refractivity contribution in [2.24, 2.45) is 0 Å². The van der Waals surface area contributed by atoms with Gasteiger partial charge in [0, 0.05) is 11.1 Å². The maximum atomic E-state index is 9.71. The molecule has 1 aromatic rings. The van der Waals surface area contributed by atoms with Crippen molar-refractivity contribution in [2.45, 2.75) is 37.6 Å². The summed E-state index contributed by atoms with van der Waals surface area (Å²) in [6, 6.07) is 10.4. The molecule has 1 fully saturated rings. The summed E-state index contributed by atoms with van der Waals surface area (Å²) in [6.07, 6.45) is 1.63. The molecule has 0 saturated carbocycles. The van der Waals surface area contributed by atoms with Gasteiger partial charge in [-0.05, 0) is 39.3 Å². The van der Waals surface area contributed by atoms with Crippen LogP contribution in [0.25, 0.3) is 0 Å². The molecule has 1 atom stereocenters. The molecule has 0 spiro atoms. The Kier molecular flexibility index (Phi) is 3.32. The average Bonchev–Trinajstić information content (AvgIpc) is 2.37. The van der Waals surface area contributed by atoms with E-state index in [0.717, 1.165) is 30.7 Å². The molecular weight excluding hydrogens is 224 g/mol. The van der Waals surface area contributed by atoms with Crippen molar-refractivity contribution in [2.75, 3.05) is 13.7 Å². The SMILES string of the molecule is COc1ccccc1C1(C#N)CCNC(C)(C)C1. The van der Waals surface area contributed by atoms with Crippen LogP contribution in [0.1, 0.15) is 32.3 Å². The van der Waals surface area contributed by atoms with Gasteiger partial charge >= 0.3 is 0 Å². The summed E-state index contributed by atoms with van der Waals surface area (Å²) in [5, 5.41) is 13.2. The number of methoxy groups -OCH3 is 1. The topological polar surface area (TPSA) is 45.0 Å². The zero-order chi connectivity index (χ0) is 13.2. The number of nitrogens with zero attached hydrogens (tertiary/aromatic N) is 1. The van der Waals surface area contributed by atoms with Gasteiger partial charge in [-0.2, -0.15) is 5.26 Å². The lowest BCUT2D eigenvalue weighted by Crippen LogP contribution is -2.52. The number of para-hydroxylation sites is 1. The predicted molar refractivity (Wildman–Crippen MR) is 71.6 cm³/mol. The number of nitrogens with one attached hydrogen (secondary N) is 1. The summed E-state index contributed by atoms with van der Waals surface area (Å²) >= 11 is 0. The van der Waals surface area contributed by atoms with Crippen molar-refractivity contribution in [3.8, 4) is 11.8 Å². The molecule has 0 bridgehead atoms. The molecule has 1 aromatic carbocycles. The van der Waals surface area contributed by atoms with E-state index in [9.17, 15) is 5.26 Å². The Hall–Kier alpha value is -1.53. The lowest BCUT2D eigenvalue weighted by molar-refractivity contribution is 0.229. The first-order valence-corrected chi connectivity index (χ1v) is 6.33. The molecule has 1 aliphatic rings. The minimum atomic E-state index is -0.443. The first-order valence-electron chi connectivity index (χ1n) is 6.33. The number of nitriles is 1. The van der Waals surface area contributed by atoms with Crippen LogP contribution >= 0.6 is 0 Å². The van der Waals surface area contributed by atoms with Gasteiger partial charge in [-0.3, -0.25) is 0 Å². The normalized spacial score (nSPS) is 26.3. The monoisotopic (exact) mass is 244 g/mol. The summed E-state index contributed by atoms with van der Waals surface area (Å²) in [5.41, 5.74) is 0.556. The van der Waals surface area contributed by atoms with E-state index in [4.69, 9.17) is 4.74 Å². The fraction of sp³-hybridized carbons (Fsp3) is 0.533. The van der Waals surface area contributed by atoms with Crippen molar-refractivity contribution in [1.82, 2.24) is 5.32 Å². The van der Waals surface area contributed by atoms with Crippen LogP contribution < -0.4 is 10.1 Å². The molecule has 18 heavy (non-hydrogen) atoms. The summed E-state index contributed by atoms with van der Waals surface area (Å²) in [6.45, 7) is 5.15. The van der Waals surface area contributed by atoms with Crippen molar-refractivity contribution >= 4 is 0 Å². The maximum absolute atomic E-state index is 9.71. The van der Waals surface area contributed by atoms with Crippen LogP contribution in [0, 0.1) is 11.3 Å². The molecule has 1 aliphatic heterocycles. The molecule has 1 heterocycles. The van der Waals surface area contributed by atoms with E-state index in [-0.39, 0.29) is 5.54 Å². The van der Waals surface area contributed by atoms with E-state index < -0.39 is 5.41 Å². The second-order valence-corrected chi connectivity index (χ2v) is 5.63. The Balaban J connectivity index is 2.47. The lowest BCUT2D eigenvalue weighted by Gasteiger charge is -2.42. The van der Waals surface area contributed by atoms with Gasteiger partial charge in [-0.15, -0.1) is 0 Å². The highest BCUT2D eigenvalue weighted by molar-refractivity contribution is 5.44. The number of ether oxygens (including phenoxy) is 1. The third-order valence-electron chi connectivity index (χ3n) is 3.74. The third-order valence-corrected chi connectivity index (χ3v) is 3.74. The predicted octanol–water partition coefficient (Wildman–Crippen LogP) is 2.62. The second-order valence-electron chi connectivity index (χ2n) is 5.63. The highest BCUT2D eigenvalue weighted by atomic mass is 16.5. The highest BCUT2D eigenvalue weighted by Crippen LogP contribution is 2.42. The van der Waals surface area contributed by atoms with Crippen molar-refractivity contribution in [1.29, 1.82) is 5.26 Å². The number of hydrogen-bond acceptors (Lipinski definition) is 3. The fourth-order valence-corrected chi connectivity index (χ4v) is 2.95. The standard InChI is InChI=1S/C15H20N2O/c1-14(2)10-15(11-16,8-9-17-14)12-6-4-5-7-13(12)18-3/h4-7,17H,8-10H2,1-3H3. The minimum absolute atomic E-state index is 0.0190. The number of hydrogen-bond donors (Lipinski definition) is 1. The van der Waals surface area contributed by atoms with Gasteiger partial charge in [0.1, 0.15) is 5.75 Å². The van der Waals surface area contributed by atoms with Gasteiger partial charge in [0.15, 0.2) is 0 Å². The molecule has 1 unspecified atom stereocenters. The van der Waals surface area contributed by atoms with Crippen LogP contribution in [0.2, 0.25) is 0 Å². The van der Waals surface area contributed by atoms with Gasteiger partial charge < -0.3 is 10.1 Å². The largest absolute Gasteiger partial charge is 0.496 e. The highest BCUT2D eigenvalue weighted by Gasteiger charge is 2.43. The summed E-state index contributed by atoms with van der Waals surface area (Å²) in [5.74, 6) is 0.816. The molecule has 0 amide bonds. The molecule has 96 valence electrons. The Labute approximate surface area is 109 Å². The van der Waals surface area contributed by atoms with Gasteiger partial charge in [0.25, 0.3) is 0 Å². The van der Waals surface area contributed by atoms with Crippen LogP contribution in [-0.4, -0.2) is 19.2 Å². The Bertz CT molecular complexity index is 476. The van der Waals surface area contributed by atoms with Crippen LogP contribution in [0.3, 0.4) is 0 Å². The number of rotatable bonds is 2. The Morgan fingerprint density at radius 2 is 2.06 bits per heavy atom. The van der Waals surface area contributed by atoms with E-state index in [0.29, 0.717) is 0 Å². The number of benzene rings is 1. The van der Waals surface area contributed by atoms with Crippen molar-refractivity contribution in [3.05, 3.63) is 29.8 Å². The Morgan fingerprint density at radius 3 is 2.67 bits per heavy atom.